The number of pyridine rings is 1. The van der Waals surface area contributed by atoms with Crippen molar-refractivity contribution in [1.29, 1.82) is 0 Å². The number of nitrogens with zero attached hydrogens (tertiary/aromatic N) is 4. The summed E-state index contributed by atoms with van der Waals surface area (Å²) >= 11 is 0. The van der Waals surface area contributed by atoms with Crippen LogP contribution in [0.15, 0.2) is 66.0 Å². The number of ether oxygens (including phenoxy) is 1. The van der Waals surface area contributed by atoms with Crippen LogP contribution in [0.25, 0.3) is 5.69 Å². The number of aliphatic imine (C=N–C) groups is 1. The molecule has 2 heterocycles. The third kappa shape index (κ3) is 8.91. The third-order valence-electron chi connectivity index (χ3n) is 4.39. The average Bonchev–Trinajstić information content (AvgIpc) is 3.31. The maximum Gasteiger partial charge on any atom is 0.422 e. The van der Waals surface area contributed by atoms with E-state index in [0.29, 0.717) is 24.6 Å². The molecule has 0 aliphatic carbocycles. The van der Waals surface area contributed by atoms with E-state index in [1.54, 1.807) is 23.0 Å². The highest BCUT2D eigenvalue weighted by atomic mass is 127. The molecule has 0 aliphatic rings. The Morgan fingerprint density at radius 2 is 1.88 bits per heavy atom. The maximum atomic E-state index is 12.5. The van der Waals surface area contributed by atoms with Gasteiger partial charge in [0.05, 0.1) is 12.2 Å². The summed E-state index contributed by atoms with van der Waals surface area (Å²) in [4.78, 5) is 8.34. The molecule has 2 N–H and O–H groups in total. The third-order valence-corrected chi connectivity index (χ3v) is 4.39. The SMILES string of the molecule is CCNC(=NCc1cccnc1OCC(F)(F)F)NCCc1ccc(-n2cccn2)cc1.I. The minimum absolute atomic E-state index is 0. The van der Waals surface area contributed by atoms with Crippen LogP contribution in [0.5, 0.6) is 5.88 Å². The van der Waals surface area contributed by atoms with Gasteiger partial charge in [-0.3, -0.25) is 0 Å². The van der Waals surface area contributed by atoms with E-state index >= 15 is 0 Å². The molecule has 3 rings (SSSR count). The molecular weight excluding hydrogens is 548 g/mol. The van der Waals surface area contributed by atoms with Crippen LogP contribution in [-0.4, -0.2) is 46.6 Å². The molecule has 0 saturated heterocycles. The van der Waals surface area contributed by atoms with Crippen LogP contribution in [0.3, 0.4) is 0 Å². The molecule has 0 spiro atoms. The second-order valence-electron chi connectivity index (χ2n) is 6.86. The van der Waals surface area contributed by atoms with E-state index in [2.05, 4.69) is 25.7 Å². The summed E-state index contributed by atoms with van der Waals surface area (Å²) in [5, 5.41) is 10.6. The van der Waals surface area contributed by atoms with Crippen molar-refractivity contribution in [2.75, 3.05) is 19.7 Å². The van der Waals surface area contributed by atoms with Crippen molar-refractivity contribution in [2.24, 2.45) is 4.99 Å². The summed E-state index contributed by atoms with van der Waals surface area (Å²) in [5.41, 5.74) is 2.61. The van der Waals surface area contributed by atoms with Gasteiger partial charge in [0, 0.05) is 37.2 Å². The van der Waals surface area contributed by atoms with Crippen LogP contribution in [-0.2, 0) is 13.0 Å². The van der Waals surface area contributed by atoms with E-state index in [9.17, 15) is 13.2 Å². The van der Waals surface area contributed by atoms with E-state index < -0.39 is 12.8 Å². The van der Waals surface area contributed by atoms with Gasteiger partial charge in [-0.2, -0.15) is 18.3 Å². The van der Waals surface area contributed by atoms with Crippen molar-refractivity contribution in [2.45, 2.75) is 26.1 Å². The number of hydrogen-bond donors (Lipinski definition) is 2. The molecule has 3 aromatic rings. The number of aromatic nitrogens is 3. The summed E-state index contributed by atoms with van der Waals surface area (Å²) in [6.45, 7) is 1.96. The molecule has 11 heteroatoms. The molecule has 0 bridgehead atoms. The number of alkyl halides is 3. The molecule has 0 radical (unpaired) electrons. The number of nitrogens with one attached hydrogen (secondary N) is 2. The summed E-state index contributed by atoms with van der Waals surface area (Å²) in [6, 6.07) is 13.3. The Morgan fingerprint density at radius 3 is 2.55 bits per heavy atom. The Hall–Kier alpha value is -2.83. The van der Waals surface area contributed by atoms with Gasteiger partial charge in [0.15, 0.2) is 12.6 Å². The zero-order valence-electron chi connectivity index (χ0n) is 18.0. The van der Waals surface area contributed by atoms with Crippen LogP contribution < -0.4 is 15.4 Å². The fourth-order valence-electron chi connectivity index (χ4n) is 2.89. The van der Waals surface area contributed by atoms with E-state index in [0.717, 1.165) is 17.7 Å². The van der Waals surface area contributed by atoms with Gasteiger partial charge in [-0.05, 0) is 43.2 Å². The zero-order valence-corrected chi connectivity index (χ0v) is 20.4. The normalized spacial score (nSPS) is 11.6. The molecule has 1 aromatic carbocycles. The molecule has 0 fully saturated rings. The summed E-state index contributed by atoms with van der Waals surface area (Å²) in [7, 11) is 0. The molecule has 178 valence electrons. The van der Waals surface area contributed by atoms with Crippen LogP contribution in [0.2, 0.25) is 0 Å². The van der Waals surface area contributed by atoms with Crippen molar-refractivity contribution in [3.63, 3.8) is 0 Å². The van der Waals surface area contributed by atoms with Gasteiger partial charge in [-0.15, -0.1) is 24.0 Å². The number of rotatable bonds is 9. The predicted octanol–water partition coefficient (Wildman–Crippen LogP) is 4.12. The summed E-state index contributed by atoms with van der Waals surface area (Å²) < 4.78 is 44.0. The smallest absolute Gasteiger partial charge is 0.422 e. The molecule has 0 saturated carbocycles. The molecular formula is C22H26F3IN6O. The highest BCUT2D eigenvalue weighted by Gasteiger charge is 2.29. The first-order valence-corrected chi connectivity index (χ1v) is 10.2. The van der Waals surface area contributed by atoms with Crippen LogP contribution in [0.1, 0.15) is 18.1 Å². The topological polar surface area (TPSA) is 76.4 Å². The van der Waals surface area contributed by atoms with E-state index in [4.69, 9.17) is 4.74 Å². The second-order valence-corrected chi connectivity index (χ2v) is 6.86. The van der Waals surface area contributed by atoms with Gasteiger partial charge in [-0.1, -0.05) is 18.2 Å². The summed E-state index contributed by atoms with van der Waals surface area (Å²) in [5.74, 6) is 0.494. The number of benzene rings is 1. The van der Waals surface area contributed by atoms with Gasteiger partial charge >= 0.3 is 6.18 Å². The standard InChI is InChI=1S/C22H25F3N6O.HI/c1-2-26-21(29-15-18-5-3-11-27-20(18)32-16-22(23,24)25)28-13-10-17-6-8-19(9-7-17)31-14-4-12-30-31;/h3-9,11-12,14H,2,10,13,15-16H2,1H3,(H2,26,28,29);1H. The van der Waals surface area contributed by atoms with Crippen LogP contribution in [0.4, 0.5) is 13.2 Å². The number of hydrogen-bond acceptors (Lipinski definition) is 4. The lowest BCUT2D eigenvalue weighted by molar-refractivity contribution is -0.154. The Bertz CT molecular complexity index is 994. The number of guanidine groups is 1. The maximum absolute atomic E-state index is 12.5. The lowest BCUT2D eigenvalue weighted by atomic mass is 10.1. The molecule has 7 nitrogen and oxygen atoms in total. The van der Waals surface area contributed by atoms with Crippen molar-refractivity contribution in [1.82, 2.24) is 25.4 Å². The molecule has 0 atom stereocenters. The quantitative estimate of drug-likeness (QED) is 0.229. The van der Waals surface area contributed by atoms with Crippen molar-refractivity contribution >= 4 is 29.9 Å². The minimum Gasteiger partial charge on any atom is -0.468 e. The van der Waals surface area contributed by atoms with Gasteiger partial charge in [0.2, 0.25) is 5.88 Å². The monoisotopic (exact) mass is 574 g/mol. The van der Waals surface area contributed by atoms with Crippen molar-refractivity contribution < 1.29 is 17.9 Å². The van der Waals surface area contributed by atoms with Gasteiger partial charge in [0.1, 0.15) is 0 Å². The molecule has 2 aromatic heterocycles. The summed E-state index contributed by atoms with van der Waals surface area (Å²) in [6.07, 6.45) is 1.36. The highest BCUT2D eigenvalue weighted by Crippen LogP contribution is 2.20. The van der Waals surface area contributed by atoms with Gasteiger partial charge in [0.25, 0.3) is 0 Å². The van der Waals surface area contributed by atoms with Gasteiger partial charge < -0.3 is 15.4 Å². The van der Waals surface area contributed by atoms with E-state index in [-0.39, 0.29) is 36.4 Å². The van der Waals surface area contributed by atoms with Crippen molar-refractivity contribution in [3.05, 3.63) is 72.2 Å². The lowest BCUT2D eigenvalue weighted by Gasteiger charge is -2.13. The fraction of sp³-hybridized carbons (Fsp3) is 0.318. The Balaban J connectivity index is 0.00000385. The van der Waals surface area contributed by atoms with Gasteiger partial charge in [-0.25, -0.2) is 14.7 Å². The lowest BCUT2D eigenvalue weighted by Crippen LogP contribution is -2.38. The molecule has 0 aliphatic heterocycles. The fourth-order valence-corrected chi connectivity index (χ4v) is 2.89. The second kappa shape index (κ2) is 13.0. The molecule has 0 unspecified atom stereocenters. The van der Waals surface area contributed by atoms with Crippen molar-refractivity contribution in [3.8, 4) is 11.6 Å². The number of halogens is 4. The highest BCUT2D eigenvalue weighted by molar-refractivity contribution is 14.0. The zero-order chi connectivity index (χ0) is 22.8. The first kappa shape index (κ1) is 26.4. The Morgan fingerprint density at radius 1 is 1.09 bits per heavy atom. The Labute approximate surface area is 207 Å². The first-order valence-electron chi connectivity index (χ1n) is 10.2. The van der Waals surface area contributed by atoms with Crippen LogP contribution in [0, 0.1) is 0 Å². The largest absolute Gasteiger partial charge is 0.468 e. The molecule has 0 amide bonds. The molecule has 33 heavy (non-hydrogen) atoms. The minimum atomic E-state index is -4.43. The first-order chi connectivity index (χ1) is 15.4. The average molecular weight is 574 g/mol. The van der Waals surface area contributed by atoms with E-state index in [1.807, 2.05) is 43.5 Å². The van der Waals surface area contributed by atoms with E-state index in [1.165, 1.54) is 6.20 Å². The predicted molar refractivity (Wildman–Crippen MR) is 131 cm³/mol. The van der Waals surface area contributed by atoms with Crippen LogP contribution >= 0.6 is 24.0 Å². The Kier molecular flexibility index (Phi) is 10.4.